The summed E-state index contributed by atoms with van der Waals surface area (Å²) < 4.78 is 0. The van der Waals surface area contributed by atoms with E-state index in [1.807, 2.05) is 0 Å². The number of hydrogen-bond acceptors (Lipinski definition) is 0. The van der Waals surface area contributed by atoms with Crippen LogP contribution in [0.4, 0.5) is 0 Å². The van der Waals surface area contributed by atoms with E-state index in [0.29, 0.717) is 17.2 Å². The summed E-state index contributed by atoms with van der Waals surface area (Å²) in [5.41, 5.74) is 6.98. The molecule has 2 atom stereocenters. The molecule has 4 heteroatoms. The molecule has 0 radical (unpaired) electrons. The molecule has 0 aliphatic heterocycles. The van der Waals surface area contributed by atoms with Crippen LogP contribution in [0.25, 0.3) is 11.1 Å². The zero-order chi connectivity index (χ0) is 22.8. The number of benzene rings is 4. The van der Waals surface area contributed by atoms with E-state index in [4.69, 9.17) is 23.2 Å². The molecule has 162 valence electrons. The quantitative estimate of drug-likeness (QED) is 0.258. The zero-order valence-corrected chi connectivity index (χ0v) is 22.2. The van der Waals surface area contributed by atoms with E-state index >= 15 is 0 Å². The van der Waals surface area contributed by atoms with Gasteiger partial charge >= 0.3 is 0 Å². The molecule has 0 nitrogen and oxygen atoms in total. The van der Waals surface area contributed by atoms with Gasteiger partial charge in [-0.15, -0.1) is 0 Å². The van der Waals surface area contributed by atoms with Gasteiger partial charge in [-0.05, 0) is 94.4 Å². The van der Waals surface area contributed by atoms with Crippen LogP contribution in [-0.2, 0) is 0 Å². The molecule has 0 aromatic heterocycles. The first-order chi connectivity index (χ1) is 15.4. The normalized spacial score (nSPS) is 11.8. The smallest absolute Gasteiger partial charge is 0.0471 e. The Morgan fingerprint density at radius 1 is 0.531 bits per heavy atom. The number of hydrogen-bond donors (Lipinski definition) is 0. The average Bonchev–Trinajstić information content (AvgIpc) is 2.79. The lowest BCUT2D eigenvalue weighted by atomic mass is 9.93. The van der Waals surface area contributed by atoms with Crippen LogP contribution >= 0.6 is 40.4 Å². The third-order valence-electron chi connectivity index (χ3n) is 5.72. The molecular formula is C28H26Cl2P2. The monoisotopic (exact) mass is 494 g/mol. The maximum absolute atomic E-state index is 6.82. The van der Waals surface area contributed by atoms with Gasteiger partial charge < -0.3 is 0 Å². The van der Waals surface area contributed by atoms with Gasteiger partial charge in [-0.3, -0.25) is 0 Å². The van der Waals surface area contributed by atoms with Crippen molar-refractivity contribution in [2.75, 3.05) is 0 Å². The van der Waals surface area contributed by atoms with Crippen molar-refractivity contribution in [1.29, 1.82) is 0 Å². The second-order valence-electron chi connectivity index (χ2n) is 8.09. The van der Waals surface area contributed by atoms with E-state index in [9.17, 15) is 0 Å². The molecule has 0 saturated carbocycles. The summed E-state index contributed by atoms with van der Waals surface area (Å²) >= 11 is 13.6. The largest absolute Gasteiger partial charge is 0.0837 e. The van der Waals surface area contributed by atoms with Gasteiger partial charge in [0.2, 0.25) is 0 Å². The number of aryl methyl sites for hydroxylation is 2. The van der Waals surface area contributed by atoms with Crippen LogP contribution in [0.3, 0.4) is 0 Å². The van der Waals surface area contributed by atoms with Crippen molar-refractivity contribution in [3.05, 3.63) is 105 Å². The fraction of sp³-hybridized carbons (Fsp3) is 0.143. The second kappa shape index (κ2) is 10.1. The molecule has 0 N–H and O–H groups in total. The predicted octanol–water partition coefficient (Wildman–Crippen LogP) is 7.15. The molecule has 0 bridgehead atoms. The Balaban J connectivity index is 1.98. The standard InChI is InChI=1S/C28H26Cl2P2/c1-17-15-23(31-21-11-7-5-8-12-21)25(19(3)27(17)29)26-20(4)28(30)18(2)16-24(26)32-22-13-9-6-10-14-22/h5-16,31-32H,1-4H3. The average molecular weight is 495 g/mol. The molecule has 4 rings (SSSR count). The van der Waals surface area contributed by atoms with Crippen molar-refractivity contribution in [2.45, 2.75) is 27.7 Å². The molecule has 0 fully saturated rings. The minimum atomic E-state index is 0.546. The first-order valence-electron chi connectivity index (χ1n) is 10.6. The Bertz CT molecular complexity index is 1170. The summed E-state index contributed by atoms with van der Waals surface area (Å²) in [5.74, 6) is 0. The van der Waals surface area contributed by atoms with Crippen LogP contribution in [0.15, 0.2) is 72.8 Å². The summed E-state index contributed by atoms with van der Waals surface area (Å²) in [4.78, 5) is 0. The van der Waals surface area contributed by atoms with E-state index in [2.05, 4.69) is 100 Å². The van der Waals surface area contributed by atoms with Crippen LogP contribution in [0.5, 0.6) is 0 Å². The fourth-order valence-corrected chi connectivity index (χ4v) is 7.21. The van der Waals surface area contributed by atoms with Crippen molar-refractivity contribution in [3.63, 3.8) is 0 Å². The molecule has 32 heavy (non-hydrogen) atoms. The number of rotatable bonds is 5. The predicted molar refractivity (Wildman–Crippen MR) is 149 cm³/mol. The first-order valence-corrected chi connectivity index (χ1v) is 13.4. The van der Waals surface area contributed by atoms with Crippen LogP contribution in [0.1, 0.15) is 22.3 Å². The maximum atomic E-state index is 6.82. The van der Waals surface area contributed by atoms with Crippen molar-refractivity contribution < 1.29 is 0 Å². The highest BCUT2D eigenvalue weighted by molar-refractivity contribution is 7.56. The first kappa shape index (κ1) is 23.5. The van der Waals surface area contributed by atoms with E-state index in [1.165, 1.54) is 32.3 Å². The van der Waals surface area contributed by atoms with Crippen molar-refractivity contribution in [3.8, 4) is 11.1 Å². The summed E-state index contributed by atoms with van der Waals surface area (Å²) in [6.07, 6.45) is 0. The Kier molecular flexibility index (Phi) is 7.39. The van der Waals surface area contributed by atoms with Gasteiger partial charge in [0.15, 0.2) is 0 Å². The van der Waals surface area contributed by atoms with Crippen molar-refractivity contribution >= 4 is 61.6 Å². The molecule has 0 amide bonds. The van der Waals surface area contributed by atoms with Crippen LogP contribution < -0.4 is 21.2 Å². The van der Waals surface area contributed by atoms with Gasteiger partial charge in [0, 0.05) is 10.0 Å². The van der Waals surface area contributed by atoms with Gasteiger partial charge in [0.05, 0.1) is 0 Å². The van der Waals surface area contributed by atoms with Gasteiger partial charge in [0.1, 0.15) is 0 Å². The van der Waals surface area contributed by atoms with E-state index in [1.54, 1.807) is 0 Å². The van der Waals surface area contributed by atoms with E-state index < -0.39 is 0 Å². The lowest BCUT2D eigenvalue weighted by Crippen LogP contribution is -2.16. The Morgan fingerprint density at radius 2 is 0.875 bits per heavy atom. The highest BCUT2D eigenvalue weighted by Crippen LogP contribution is 2.38. The third kappa shape index (κ3) is 4.81. The molecule has 0 heterocycles. The molecule has 4 aromatic carbocycles. The minimum Gasteiger partial charge on any atom is -0.0837 e. The molecule has 2 unspecified atom stereocenters. The van der Waals surface area contributed by atoms with Gasteiger partial charge in [0.25, 0.3) is 0 Å². The van der Waals surface area contributed by atoms with Gasteiger partial charge in [-0.2, -0.15) is 0 Å². The summed E-state index contributed by atoms with van der Waals surface area (Å²) in [7, 11) is 1.09. The minimum absolute atomic E-state index is 0.546. The van der Waals surface area contributed by atoms with Gasteiger partial charge in [-0.1, -0.05) is 101 Å². The molecule has 0 aliphatic carbocycles. The van der Waals surface area contributed by atoms with Crippen LogP contribution in [-0.4, -0.2) is 0 Å². The fourth-order valence-electron chi connectivity index (χ4n) is 4.11. The summed E-state index contributed by atoms with van der Waals surface area (Å²) in [5, 5.41) is 6.95. The molecule has 0 spiro atoms. The van der Waals surface area contributed by atoms with E-state index in [0.717, 1.165) is 32.3 Å². The topological polar surface area (TPSA) is 0 Å². The molecule has 4 aromatic rings. The molecule has 0 saturated heterocycles. The van der Waals surface area contributed by atoms with Crippen molar-refractivity contribution in [2.24, 2.45) is 0 Å². The Hall–Kier alpha value is -1.68. The highest BCUT2D eigenvalue weighted by Gasteiger charge is 2.21. The molecule has 0 aliphatic rings. The second-order valence-corrected chi connectivity index (χ2v) is 11.6. The van der Waals surface area contributed by atoms with Crippen molar-refractivity contribution in [1.82, 2.24) is 0 Å². The summed E-state index contributed by atoms with van der Waals surface area (Å²) in [6.45, 7) is 8.48. The summed E-state index contributed by atoms with van der Waals surface area (Å²) in [6, 6.07) is 25.9. The lowest BCUT2D eigenvalue weighted by Gasteiger charge is -2.23. The maximum Gasteiger partial charge on any atom is 0.0471 e. The SMILES string of the molecule is Cc1cc(Pc2ccccc2)c(-c2c(Pc3ccccc3)cc(C)c(Cl)c2C)c(C)c1Cl. The highest BCUT2D eigenvalue weighted by atomic mass is 35.5. The molecular weight excluding hydrogens is 469 g/mol. The zero-order valence-electron chi connectivity index (χ0n) is 18.7. The Labute approximate surface area is 204 Å². The number of halogens is 2. The lowest BCUT2D eigenvalue weighted by molar-refractivity contribution is 1.36. The van der Waals surface area contributed by atoms with E-state index in [-0.39, 0.29) is 0 Å². The van der Waals surface area contributed by atoms with Crippen LogP contribution in [0.2, 0.25) is 10.0 Å². The third-order valence-corrected chi connectivity index (χ3v) is 9.45. The Morgan fingerprint density at radius 3 is 1.22 bits per heavy atom. The van der Waals surface area contributed by atoms with Crippen LogP contribution in [0, 0.1) is 27.7 Å². The van der Waals surface area contributed by atoms with Gasteiger partial charge in [-0.25, -0.2) is 0 Å².